The first-order chi connectivity index (χ1) is 8.51. The lowest BCUT2D eigenvalue weighted by Crippen LogP contribution is -2.50. The monoisotopic (exact) mass is 255 g/mol. The summed E-state index contributed by atoms with van der Waals surface area (Å²) in [6, 6.07) is 0.292. The molecule has 1 amide bonds. The second-order valence-electron chi connectivity index (χ2n) is 5.42. The molecule has 0 spiro atoms. The fraction of sp³-hybridized carbons (Fsp3) is 0.929. The van der Waals surface area contributed by atoms with Crippen molar-refractivity contribution in [2.45, 2.75) is 52.6 Å². The first kappa shape index (κ1) is 15.4. The van der Waals surface area contributed by atoms with Crippen molar-refractivity contribution in [1.82, 2.24) is 9.80 Å². The second kappa shape index (κ2) is 7.10. The summed E-state index contributed by atoms with van der Waals surface area (Å²) in [5, 5.41) is 0. The summed E-state index contributed by atoms with van der Waals surface area (Å²) in [4.78, 5) is 16.5. The number of carbonyl (C=O) groups is 1. The molecule has 1 rings (SSSR count). The van der Waals surface area contributed by atoms with Crippen molar-refractivity contribution in [1.29, 1.82) is 0 Å². The molecule has 106 valence electrons. The van der Waals surface area contributed by atoms with Gasteiger partial charge in [-0.2, -0.15) is 0 Å². The molecule has 1 heterocycles. The van der Waals surface area contributed by atoms with E-state index in [-0.39, 0.29) is 18.0 Å². The van der Waals surface area contributed by atoms with E-state index in [4.69, 9.17) is 5.73 Å². The number of rotatable bonds is 5. The van der Waals surface area contributed by atoms with Crippen LogP contribution in [0.4, 0.5) is 0 Å². The van der Waals surface area contributed by atoms with Gasteiger partial charge in [0.15, 0.2) is 0 Å². The van der Waals surface area contributed by atoms with Crippen molar-refractivity contribution < 1.29 is 4.79 Å². The molecule has 0 aromatic heterocycles. The Balaban J connectivity index is 2.49. The van der Waals surface area contributed by atoms with Gasteiger partial charge in [0.1, 0.15) is 0 Å². The molecule has 0 bridgehead atoms. The molecule has 0 aromatic rings. The molecule has 4 nitrogen and oxygen atoms in total. The van der Waals surface area contributed by atoms with Gasteiger partial charge in [0.05, 0.1) is 6.04 Å². The Morgan fingerprint density at radius 3 is 2.17 bits per heavy atom. The Morgan fingerprint density at radius 1 is 1.28 bits per heavy atom. The summed E-state index contributed by atoms with van der Waals surface area (Å²) in [6.07, 6.45) is 2.24. The Hall–Kier alpha value is -0.610. The molecule has 2 N–H and O–H groups in total. The normalized spacial score (nSPS) is 21.6. The summed E-state index contributed by atoms with van der Waals surface area (Å²) in [7, 11) is 0. The highest BCUT2D eigenvalue weighted by Crippen LogP contribution is 2.21. The van der Waals surface area contributed by atoms with Crippen LogP contribution in [-0.2, 0) is 4.79 Å². The zero-order chi connectivity index (χ0) is 13.7. The highest BCUT2D eigenvalue weighted by Gasteiger charge is 2.29. The lowest BCUT2D eigenvalue weighted by Gasteiger charge is -2.38. The van der Waals surface area contributed by atoms with E-state index in [0.29, 0.717) is 5.92 Å². The molecule has 1 fully saturated rings. The van der Waals surface area contributed by atoms with Crippen LogP contribution in [0.3, 0.4) is 0 Å². The van der Waals surface area contributed by atoms with Crippen molar-refractivity contribution in [3.05, 3.63) is 0 Å². The topological polar surface area (TPSA) is 49.6 Å². The average Bonchev–Trinajstić information content (AvgIpc) is 2.39. The lowest BCUT2D eigenvalue weighted by molar-refractivity contribution is -0.136. The number of nitrogens with zero attached hydrogens (tertiary/aromatic N) is 2. The predicted molar refractivity (Wildman–Crippen MR) is 75.3 cm³/mol. The SMILES string of the molecule is CCN(CC)C(=O)C(C)N1CCC(C(C)N)CC1. The average molecular weight is 255 g/mol. The summed E-state index contributed by atoms with van der Waals surface area (Å²) in [6.45, 7) is 11.8. The van der Waals surface area contributed by atoms with Crippen LogP contribution in [0.25, 0.3) is 0 Å². The van der Waals surface area contributed by atoms with Crippen LogP contribution in [0.1, 0.15) is 40.5 Å². The molecule has 2 atom stereocenters. The number of likely N-dealkylation sites (N-methyl/N-ethyl adjacent to an activating group) is 1. The molecule has 2 unspecified atom stereocenters. The van der Waals surface area contributed by atoms with Gasteiger partial charge in [0.2, 0.25) is 5.91 Å². The zero-order valence-corrected chi connectivity index (χ0v) is 12.4. The van der Waals surface area contributed by atoms with Crippen LogP contribution in [-0.4, -0.2) is 54.0 Å². The second-order valence-corrected chi connectivity index (χ2v) is 5.42. The van der Waals surface area contributed by atoms with Gasteiger partial charge in [-0.25, -0.2) is 0 Å². The quantitative estimate of drug-likeness (QED) is 0.805. The number of likely N-dealkylation sites (tertiary alicyclic amines) is 1. The van der Waals surface area contributed by atoms with E-state index in [2.05, 4.69) is 11.8 Å². The first-order valence-electron chi connectivity index (χ1n) is 7.29. The molecule has 0 aliphatic carbocycles. The number of nitrogens with two attached hydrogens (primary N) is 1. The third kappa shape index (κ3) is 3.69. The third-order valence-electron chi connectivity index (χ3n) is 4.30. The number of carbonyl (C=O) groups excluding carboxylic acids is 1. The van der Waals surface area contributed by atoms with Gasteiger partial charge < -0.3 is 10.6 Å². The van der Waals surface area contributed by atoms with E-state index in [1.54, 1.807) is 0 Å². The van der Waals surface area contributed by atoms with Crippen LogP contribution in [0.15, 0.2) is 0 Å². The lowest BCUT2D eigenvalue weighted by atomic mass is 9.90. The van der Waals surface area contributed by atoms with Crippen molar-refractivity contribution in [2.75, 3.05) is 26.2 Å². The van der Waals surface area contributed by atoms with Crippen LogP contribution in [0.2, 0.25) is 0 Å². The standard InChI is InChI=1S/C14H29N3O/c1-5-16(6-2)14(18)12(4)17-9-7-13(8-10-17)11(3)15/h11-13H,5-10,15H2,1-4H3. The Kier molecular flexibility index (Phi) is 6.09. The van der Waals surface area contributed by atoms with Gasteiger partial charge in [-0.3, -0.25) is 9.69 Å². The summed E-state index contributed by atoms with van der Waals surface area (Å²) in [5.74, 6) is 0.885. The van der Waals surface area contributed by atoms with Crippen molar-refractivity contribution in [3.63, 3.8) is 0 Å². The van der Waals surface area contributed by atoms with Crippen LogP contribution in [0, 0.1) is 5.92 Å². The Morgan fingerprint density at radius 2 is 1.78 bits per heavy atom. The Labute approximate surface area is 111 Å². The highest BCUT2D eigenvalue weighted by molar-refractivity contribution is 5.81. The molecule has 0 radical (unpaired) electrons. The van der Waals surface area contributed by atoms with Gasteiger partial charge in [-0.1, -0.05) is 0 Å². The van der Waals surface area contributed by atoms with Crippen molar-refractivity contribution in [3.8, 4) is 0 Å². The summed E-state index contributed by atoms with van der Waals surface area (Å²) >= 11 is 0. The fourth-order valence-electron chi connectivity index (χ4n) is 2.79. The van der Waals surface area contributed by atoms with E-state index < -0.39 is 0 Å². The molecular formula is C14H29N3O. The molecule has 18 heavy (non-hydrogen) atoms. The maximum Gasteiger partial charge on any atom is 0.239 e. The van der Waals surface area contributed by atoms with Gasteiger partial charge in [0, 0.05) is 19.1 Å². The number of hydrogen-bond donors (Lipinski definition) is 1. The fourth-order valence-corrected chi connectivity index (χ4v) is 2.79. The minimum Gasteiger partial charge on any atom is -0.342 e. The van der Waals surface area contributed by atoms with E-state index in [9.17, 15) is 4.79 Å². The number of hydrogen-bond acceptors (Lipinski definition) is 3. The van der Waals surface area contributed by atoms with Crippen LogP contribution < -0.4 is 5.73 Å². The van der Waals surface area contributed by atoms with Crippen LogP contribution in [0.5, 0.6) is 0 Å². The van der Waals surface area contributed by atoms with E-state index in [1.165, 1.54) is 0 Å². The van der Waals surface area contributed by atoms with Crippen LogP contribution >= 0.6 is 0 Å². The maximum absolute atomic E-state index is 12.3. The van der Waals surface area contributed by atoms with Gasteiger partial charge in [0.25, 0.3) is 0 Å². The minimum atomic E-state index is 0.0129. The molecule has 1 saturated heterocycles. The molecule has 1 aliphatic rings. The number of piperidine rings is 1. The Bertz CT molecular complexity index is 256. The minimum absolute atomic E-state index is 0.0129. The van der Waals surface area contributed by atoms with Crippen molar-refractivity contribution in [2.24, 2.45) is 11.7 Å². The highest BCUT2D eigenvalue weighted by atomic mass is 16.2. The van der Waals surface area contributed by atoms with Gasteiger partial charge in [-0.15, -0.1) is 0 Å². The number of amides is 1. The smallest absolute Gasteiger partial charge is 0.239 e. The van der Waals surface area contributed by atoms with E-state index >= 15 is 0 Å². The van der Waals surface area contributed by atoms with Crippen molar-refractivity contribution >= 4 is 5.91 Å². The molecule has 1 aliphatic heterocycles. The van der Waals surface area contributed by atoms with E-state index in [0.717, 1.165) is 39.0 Å². The molecule has 0 saturated carbocycles. The largest absolute Gasteiger partial charge is 0.342 e. The van der Waals surface area contributed by atoms with Gasteiger partial charge in [-0.05, 0) is 59.5 Å². The zero-order valence-electron chi connectivity index (χ0n) is 12.4. The first-order valence-corrected chi connectivity index (χ1v) is 7.29. The third-order valence-corrected chi connectivity index (χ3v) is 4.30. The molecular weight excluding hydrogens is 226 g/mol. The predicted octanol–water partition coefficient (Wildman–Crippen LogP) is 1.30. The maximum atomic E-state index is 12.3. The summed E-state index contributed by atoms with van der Waals surface area (Å²) < 4.78 is 0. The summed E-state index contributed by atoms with van der Waals surface area (Å²) in [5.41, 5.74) is 5.95. The molecule has 0 aromatic carbocycles. The molecule has 4 heteroatoms. The van der Waals surface area contributed by atoms with Gasteiger partial charge >= 0.3 is 0 Å². The van der Waals surface area contributed by atoms with E-state index in [1.807, 2.05) is 25.7 Å².